The molecule has 0 fully saturated rings. The molecule has 0 bridgehead atoms. The van der Waals surface area contributed by atoms with Gasteiger partial charge in [-0.3, -0.25) is 14.2 Å². The molecule has 1 amide bonds. The highest BCUT2D eigenvalue weighted by atomic mass is 32.1. The van der Waals surface area contributed by atoms with Crippen molar-refractivity contribution in [2.75, 3.05) is 19.7 Å². The second-order valence-electron chi connectivity index (χ2n) is 6.25. The molecule has 3 heterocycles. The highest BCUT2D eigenvalue weighted by molar-refractivity contribution is 7.16. The fourth-order valence-electron chi connectivity index (χ4n) is 3.06. The van der Waals surface area contributed by atoms with Gasteiger partial charge in [0.1, 0.15) is 18.0 Å². The summed E-state index contributed by atoms with van der Waals surface area (Å²) in [5.41, 5.74) is -0.197. The molecule has 1 aliphatic rings. The summed E-state index contributed by atoms with van der Waals surface area (Å²) in [6.07, 6.45) is 1.18. The Labute approximate surface area is 159 Å². The van der Waals surface area contributed by atoms with Crippen molar-refractivity contribution in [1.82, 2.24) is 14.5 Å². The van der Waals surface area contributed by atoms with Crippen LogP contribution >= 0.6 is 11.3 Å². The number of para-hydroxylation sites is 2. The fourth-order valence-corrected chi connectivity index (χ4v) is 3.78. The SMILES string of the molecule is CCN(C[C@H]1COc2ccccc2O1)C(=O)Cn1cnc2sccc2c1=O. The number of benzene rings is 1. The van der Waals surface area contributed by atoms with E-state index in [2.05, 4.69) is 4.98 Å². The predicted molar refractivity (Wildman–Crippen MR) is 102 cm³/mol. The number of nitrogens with zero attached hydrogens (tertiary/aromatic N) is 3. The van der Waals surface area contributed by atoms with Crippen molar-refractivity contribution in [3.8, 4) is 11.5 Å². The largest absolute Gasteiger partial charge is 0.486 e. The number of ether oxygens (including phenoxy) is 2. The van der Waals surface area contributed by atoms with E-state index in [1.54, 1.807) is 11.0 Å². The summed E-state index contributed by atoms with van der Waals surface area (Å²) in [7, 11) is 0. The molecule has 1 atom stereocenters. The monoisotopic (exact) mass is 385 g/mol. The van der Waals surface area contributed by atoms with Gasteiger partial charge in [0, 0.05) is 6.54 Å². The average Bonchev–Trinajstić information content (AvgIpc) is 3.17. The van der Waals surface area contributed by atoms with Crippen LogP contribution in [0.4, 0.5) is 0 Å². The molecular formula is C19H19N3O4S. The van der Waals surface area contributed by atoms with Crippen molar-refractivity contribution in [2.45, 2.75) is 19.6 Å². The molecular weight excluding hydrogens is 366 g/mol. The lowest BCUT2D eigenvalue weighted by atomic mass is 10.2. The highest BCUT2D eigenvalue weighted by Crippen LogP contribution is 2.31. The zero-order valence-electron chi connectivity index (χ0n) is 14.8. The van der Waals surface area contributed by atoms with Gasteiger partial charge < -0.3 is 14.4 Å². The van der Waals surface area contributed by atoms with E-state index in [1.165, 1.54) is 22.2 Å². The topological polar surface area (TPSA) is 73.7 Å². The summed E-state index contributed by atoms with van der Waals surface area (Å²) >= 11 is 1.41. The number of likely N-dealkylation sites (N-methyl/N-ethyl adjacent to an activating group) is 1. The third-order valence-corrected chi connectivity index (χ3v) is 5.30. The van der Waals surface area contributed by atoms with Crippen LogP contribution in [-0.4, -0.2) is 46.2 Å². The van der Waals surface area contributed by atoms with E-state index in [-0.39, 0.29) is 24.1 Å². The van der Waals surface area contributed by atoms with E-state index in [4.69, 9.17) is 9.47 Å². The van der Waals surface area contributed by atoms with Crippen LogP contribution in [0.5, 0.6) is 11.5 Å². The number of hydrogen-bond donors (Lipinski definition) is 0. The third kappa shape index (κ3) is 3.52. The smallest absolute Gasteiger partial charge is 0.262 e. The summed E-state index contributed by atoms with van der Waals surface area (Å²) in [6.45, 7) is 3.15. The standard InChI is InChI=1S/C19H19N3O4S/c1-2-21(9-13-11-25-15-5-3-4-6-16(15)26-13)17(23)10-22-12-20-18-14(19(22)24)7-8-27-18/h3-8,12-13H,2,9-11H2,1H3/t13-/m0/s1. The maximum Gasteiger partial charge on any atom is 0.262 e. The zero-order chi connectivity index (χ0) is 18.8. The number of rotatable bonds is 5. The summed E-state index contributed by atoms with van der Waals surface area (Å²) in [5.74, 6) is 1.24. The lowest BCUT2D eigenvalue weighted by Crippen LogP contribution is -2.45. The number of carbonyl (C=O) groups excluding carboxylic acids is 1. The molecule has 1 aliphatic heterocycles. The number of aromatic nitrogens is 2. The summed E-state index contributed by atoms with van der Waals surface area (Å²) < 4.78 is 13.0. The number of thiophene rings is 1. The van der Waals surface area contributed by atoms with Crippen molar-refractivity contribution >= 4 is 27.5 Å². The van der Waals surface area contributed by atoms with E-state index in [0.29, 0.717) is 41.4 Å². The van der Waals surface area contributed by atoms with Gasteiger partial charge in [0.05, 0.1) is 18.3 Å². The first kappa shape index (κ1) is 17.5. The van der Waals surface area contributed by atoms with Gasteiger partial charge >= 0.3 is 0 Å². The minimum atomic E-state index is -0.252. The van der Waals surface area contributed by atoms with Crippen LogP contribution in [0.1, 0.15) is 6.92 Å². The van der Waals surface area contributed by atoms with Crippen LogP contribution < -0.4 is 15.0 Å². The summed E-state index contributed by atoms with van der Waals surface area (Å²) in [5, 5.41) is 2.36. The summed E-state index contributed by atoms with van der Waals surface area (Å²) in [4.78, 5) is 31.8. The molecule has 3 aromatic rings. The van der Waals surface area contributed by atoms with Gasteiger partial charge in [-0.25, -0.2) is 4.98 Å². The minimum absolute atomic E-state index is 0.0460. The molecule has 0 saturated carbocycles. The highest BCUT2D eigenvalue weighted by Gasteiger charge is 2.25. The first-order valence-corrected chi connectivity index (χ1v) is 9.62. The lowest BCUT2D eigenvalue weighted by Gasteiger charge is -2.31. The molecule has 2 aromatic heterocycles. The van der Waals surface area contributed by atoms with Gasteiger partial charge in [0.25, 0.3) is 5.56 Å². The first-order valence-electron chi connectivity index (χ1n) is 8.74. The van der Waals surface area contributed by atoms with E-state index < -0.39 is 0 Å². The zero-order valence-corrected chi connectivity index (χ0v) is 15.6. The van der Waals surface area contributed by atoms with Gasteiger partial charge in [-0.1, -0.05) is 12.1 Å². The maximum atomic E-state index is 12.7. The number of fused-ring (bicyclic) bond motifs is 2. The van der Waals surface area contributed by atoms with Gasteiger partial charge in [-0.15, -0.1) is 11.3 Å². The lowest BCUT2D eigenvalue weighted by molar-refractivity contribution is -0.133. The van der Waals surface area contributed by atoms with Crippen LogP contribution in [0.15, 0.2) is 46.8 Å². The predicted octanol–water partition coefficient (Wildman–Crippen LogP) is 2.15. The minimum Gasteiger partial charge on any atom is -0.486 e. The molecule has 7 nitrogen and oxygen atoms in total. The van der Waals surface area contributed by atoms with E-state index >= 15 is 0 Å². The molecule has 140 valence electrons. The third-order valence-electron chi connectivity index (χ3n) is 4.48. The van der Waals surface area contributed by atoms with Crippen LogP contribution in [0.25, 0.3) is 10.2 Å². The molecule has 0 radical (unpaired) electrons. The van der Waals surface area contributed by atoms with Crippen molar-refractivity contribution in [3.05, 3.63) is 52.4 Å². The Morgan fingerprint density at radius 1 is 1.33 bits per heavy atom. The second kappa shape index (κ2) is 7.40. The van der Waals surface area contributed by atoms with Crippen molar-refractivity contribution < 1.29 is 14.3 Å². The van der Waals surface area contributed by atoms with Crippen LogP contribution in [0.3, 0.4) is 0 Å². The number of amides is 1. The van der Waals surface area contributed by atoms with E-state index in [9.17, 15) is 9.59 Å². The van der Waals surface area contributed by atoms with E-state index in [0.717, 1.165) is 0 Å². The van der Waals surface area contributed by atoms with Gasteiger partial charge in [-0.2, -0.15) is 0 Å². The van der Waals surface area contributed by atoms with Crippen molar-refractivity contribution in [3.63, 3.8) is 0 Å². The molecule has 0 spiro atoms. The Kier molecular flexibility index (Phi) is 4.81. The van der Waals surface area contributed by atoms with Gasteiger partial charge in [-0.05, 0) is 30.5 Å². The molecule has 0 aliphatic carbocycles. The molecule has 8 heteroatoms. The molecule has 0 unspecified atom stereocenters. The van der Waals surface area contributed by atoms with Gasteiger partial charge in [0.15, 0.2) is 17.6 Å². The number of carbonyl (C=O) groups is 1. The van der Waals surface area contributed by atoms with Crippen molar-refractivity contribution in [2.24, 2.45) is 0 Å². The molecule has 1 aromatic carbocycles. The molecule has 0 saturated heterocycles. The second-order valence-corrected chi connectivity index (χ2v) is 7.14. The van der Waals surface area contributed by atoms with Crippen molar-refractivity contribution in [1.29, 1.82) is 0 Å². The molecule has 4 rings (SSSR count). The fraction of sp³-hybridized carbons (Fsp3) is 0.316. The molecule has 27 heavy (non-hydrogen) atoms. The maximum absolute atomic E-state index is 12.7. The Bertz CT molecular complexity index is 1030. The normalized spacial score (nSPS) is 15.7. The Morgan fingerprint density at radius 2 is 2.15 bits per heavy atom. The first-order chi connectivity index (χ1) is 13.2. The summed E-state index contributed by atoms with van der Waals surface area (Å²) in [6, 6.07) is 9.21. The Balaban J connectivity index is 1.45. The molecule has 0 N–H and O–H groups in total. The average molecular weight is 385 g/mol. The van der Waals surface area contributed by atoms with Crippen LogP contribution in [0.2, 0.25) is 0 Å². The quantitative estimate of drug-likeness (QED) is 0.673. The van der Waals surface area contributed by atoms with E-state index in [1.807, 2.05) is 36.6 Å². The Hall–Kier alpha value is -2.87. The number of hydrogen-bond acceptors (Lipinski definition) is 6. The van der Waals surface area contributed by atoms with Crippen LogP contribution in [0, 0.1) is 0 Å². The Morgan fingerprint density at radius 3 is 2.96 bits per heavy atom. The van der Waals surface area contributed by atoms with Crippen LogP contribution in [-0.2, 0) is 11.3 Å². The van der Waals surface area contributed by atoms with Gasteiger partial charge in [0.2, 0.25) is 5.91 Å².